The fourth-order valence-electron chi connectivity index (χ4n) is 1.74. The minimum absolute atomic E-state index is 0.241. The molecular formula is C14H13FN2O3S. The number of hydrogen-bond donors (Lipinski definition) is 1. The van der Waals surface area contributed by atoms with Crippen molar-refractivity contribution in [3.8, 4) is 5.75 Å². The number of nitro groups is 1. The average Bonchev–Trinajstić information content (AvgIpc) is 2.47. The summed E-state index contributed by atoms with van der Waals surface area (Å²) in [5.74, 6) is 0.0768. The van der Waals surface area contributed by atoms with Crippen LogP contribution < -0.4 is 10.5 Å². The highest BCUT2D eigenvalue weighted by molar-refractivity contribution is 7.98. The van der Waals surface area contributed by atoms with Gasteiger partial charge in [-0.05, 0) is 18.2 Å². The van der Waals surface area contributed by atoms with Crippen LogP contribution in [0.5, 0.6) is 5.75 Å². The predicted octanol–water partition coefficient (Wildman–Crippen LogP) is 3.62. The van der Waals surface area contributed by atoms with Gasteiger partial charge in [-0.25, -0.2) is 0 Å². The number of nitrogen functional groups attached to an aromatic ring is 1. The maximum absolute atomic E-state index is 14.0. The van der Waals surface area contributed by atoms with Crippen LogP contribution in [0.4, 0.5) is 15.8 Å². The van der Waals surface area contributed by atoms with E-state index in [0.717, 1.165) is 11.0 Å². The molecule has 21 heavy (non-hydrogen) atoms. The number of hydrogen-bond acceptors (Lipinski definition) is 5. The fourth-order valence-corrected chi connectivity index (χ4v) is 2.71. The quantitative estimate of drug-likeness (QED) is 0.395. The number of halogens is 1. The van der Waals surface area contributed by atoms with E-state index >= 15 is 0 Å². The summed E-state index contributed by atoms with van der Waals surface area (Å²) in [5, 5.41) is 10.7. The molecule has 7 heteroatoms. The Hall–Kier alpha value is -2.28. The maximum Gasteiger partial charge on any atom is 0.305 e. The highest BCUT2D eigenvalue weighted by Crippen LogP contribution is 2.33. The van der Waals surface area contributed by atoms with Gasteiger partial charge in [0.2, 0.25) is 5.82 Å². The van der Waals surface area contributed by atoms with E-state index in [0.29, 0.717) is 11.4 Å². The molecule has 0 atom stereocenters. The zero-order valence-corrected chi connectivity index (χ0v) is 12.0. The Kier molecular flexibility index (Phi) is 4.64. The van der Waals surface area contributed by atoms with E-state index in [4.69, 9.17) is 10.5 Å². The van der Waals surface area contributed by atoms with Crippen molar-refractivity contribution in [2.75, 3.05) is 12.8 Å². The summed E-state index contributed by atoms with van der Waals surface area (Å²) in [6, 6.07) is 9.30. The van der Waals surface area contributed by atoms with Gasteiger partial charge in [0.25, 0.3) is 0 Å². The van der Waals surface area contributed by atoms with Crippen molar-refractivity contribution in [3.63, 3.8) is 0 Å². The van der Waals surface area contributed by atoms with Crippen molar-refractivity contribution in [1.29, 1.82) is 0 Å². The number of thioether (sulfide) groups is 1. The van der Waals surface area contributed by atoms with Crippen LogP contribution in [0.2, 0.25) is 0 Å². The molecule has 0 aliphatic carbocycles. The van der Waals surface area contributed by atoms with Crippen LogP contribution in [0, 0.1) is 15.9 Å². The Morgan fingerprint density at radius 1 is 1.38 bits per heavy atom. The SMILES string of the molecule is COc1ccc(N)c(SCc2cccc([N+](=O)[O-])c2F)c1. The summed E-state index contributed by atoms with van der Waals surface area (Å²) in [6.45, 7) is 0. The van der Waals surface area contributed by atoms with Gasteiger partial charge in [-0.15, -0.1) is 11.8 Å². The van der Waals surface area contributed by atoms with E-state index in [2.05, 4.69) is 0 Å². The highest BCUT2D eigenvalue weighted by atomic mass is 32.2. The minimum atomic E-state index is -0.809. The lowest BCUT2D eigenvalue weighted by molar-refractivity contribution is -0.387. The Morgan fingerprint density at radius 3 is 2.81 bits per heavy atom. The maximum atomic E-state index is 14.0. The van der Waals surface area contributed by atoms with Gasteiger partial charge in [0.15, 0.2) is 0 Å². The molecule has 0 heterocycles. The Balaban J connectivity index is 2.21. The fraction of sp³-hybridized carbons (Fsp3) is 0.143. The lowest BCUT2D eigenvalue weighted by atomic mass is 10.2. The molecule has 0 aliphatic rings. The van der Waals surface area contributed by atoms with Crippen molar-refractivity contribution in [3.05, 3.63) is 57.9 Å². The first-order valence-electron chi connectivity index (χ1n) is 6.01. The molecule has 2 N–H and O–H groups in total. The molecule has 0 aliphatic heterocycles. The average molecular weight is 308 g/mol. The van der Waals surface area contributed by atoms with Crippen molar-refractivity contribution >= 4 is 23.1 Å². The third kappa shape index (κ3) is 3.43. The van der Waals surface area contributed by atoms with Gasteiger partial charge in [0.1, 0.15) is 5.75 Å². The van der Waals surface area contributed by atoms with E-state index in [1.165, 1.54) is 23.9 Å². The number of ether oxygens (including phenoxy) is 1. The Morgan fingerprint density at radius 2 is 2.14 bits per heavy atom. The minimum Gasteiger partial charge on any atom is -0.497 e. The van der Waals surface area contributed by atoms with Gasteiger partial charge >= 0.3 is 5.69 Å². The molecule has 0 saturated heterocycles. The lowest BCUT2D eigenvalue weighted by Crippen LogP contribution is -1.97. The van der Waals surface area contributed by atoms with E-state index in [1.54, 1.807) is 25.3 Å². The molecular weight excluding hydrogens is 295 g/mol. The van der Waals surface area contributed by atoms with Crippen LogP contribution in [0.15, 0.2) is 41.3 Å². The summed E-state index contributed by atoms with van der Waals surface area (Å²) >= 11 is 1.30. The standard InChI is InChI=1S/C14H13FN2O3S/c1-20-10-5-6-11(16)13(7-10)21-8-9-3-2-4-12(14(9)15)17(18)19/h2-7H,8,16H2,1H3. The van der Waals surface area contributed by atoms with Gasteiger partial charge in [-0.2, -0.15) is 4.39 Å². The molecule has 0 aromatic heterocycles. The van der Waals surface area contributed by atoms with Crippen LogP contribution >= 0.6 is 11.8 Å². The number of nitro benzene ring substituents is 1. The van der Waals surface area contributed by atoms with Crippen LogP contribution in [0.1, 0.15) is 5.56 Å². The molecule has 0 unspecified atom stereocenters. The van der Waals surface area contributed by atoms with Crippen LogP contribution in [-0.2, 0) is 5.75 Å². The second-order valence-corrected chi connectivity index (χ2v) is 5.22. The molecule has 0 bridgehead atoms. The van der Waals surface area contributed by atoms with Gasteiger partial charge in [-0.1, -0.05) is 12.1 Å². The summed E-state index contributed by atoms with van der Waals surface area (Å²) in [5.41, 5.74) is 6.13. The van der Waals surface area contributed by atoms with Crippen molar-refractivity contribution in [1.82, 2.24) is 0 Å². The zero-order chi connectivity index (χ0) is 15.4. The van der Waals surface area contributed by atoms with Crippen LogP contribution in [-0.4, -0.2) is 12.0 Å². The molecule has 0 radical (unpaired) electrons. The molecule has 110 valence electrons. The second kappa shape index (κ2) is 6.45. The van der Waals surface area contributed by atoms with Crippen LogP contribution in [0.3, 0.4) is 0 Å². The second-order valence-electron chi connectivity index (χ2n) is 4.20. The third-order valence-electron chi connectivity index (χ3n) is 2.86. The first kappa shape index (κ1) is 15.1. The largest absolute Gasteiger partial charge is 0.497 e. The molecule has 0 amide bonds. The predicted molar refractivity (Wildman–Crippen MR) is 80.0 cm³/mol. The molecule has 2 rings (SSSR count). The highest BCUT2D eigenvalue weighted by Gasteiger charge is 2.17. The summed E-state index contributed by atoms with van der Waals surface area (Å²) < 4.78 is 19.1. The molecule has 0 spiro atoms. The normalized spacial score (nSPS) is 10.4. The van der Waals surface area contributed by atoms with Gasteiger partial charge in [0, 0.05) is 28.0 Å². The molecule has 5 nitrogen and oxygen atoms in total. The number of nitrogens with zero attached hydrogens (tertiary/aromatic N) is 1. The first-order valence-corrected chi connectivity index (χ1v) is 6.99. The van der Waals surface area contributed by atoms with E-state index < -0.39 is 16.4 Å². The monoisotopic (exact) mass is 308 g/mol. The van der Waals surface area contributed by atoms with Crippen molar-refractivity contribution in [2.45, 2.75) is 10.6 Å². The lowest BCUT2D eigenvalue weighted by Gasteiger charge is -2.08. The number of rotatable bonds is 5. The Labute approximate surface area is 125 Å². The number of benzene rings is 2. The summed E-state index contributed by atoms with van der Waals surface area (Å²) in [6.07, 6.45) is 0. The zero-order valence-electron chi connectivity index (χ0n) is 11.2. The summed E-state index contributed by atoms with van der Waals surface area (Å²) in [4.78, 5) is 10.7. The number of methoxy groups -OCH3 is 1. The first-order chi connectivity index (χ1) is 10.0. The topological polar surface area (TPSA) is 78.4 Å². The van der Waals surface area contributed by atoms with Gasteiger partial charge < -0.3 is 10.5 Å². The van der Waals surface area contributed by atoms with E-state index in [-0.39, 0.29) is 11.3 Å². The van der Waals surface area contributed by atoms with Gasteiger partial charge in [0.05, 0.1) is 12.0 Å². The van der Waals surface area contributed by atoms with Gasteiger partial charge in [-0.3, -0.25) is 10.1 Å². The Bertz CT molecular complexity index is 679. The molecule has 0 fully saturated rings. The summed E-state index contributed by atoms with van der Waals surface area (Å²) in [7, 11) is 1.54. The molecule has 2 aromatic rings. The number of nitrogens with two attached hydrogens (primary N) is 1. The number of anilines is 1. The van der Waals surface area contributed by atoms with Crippen molar-refractivity contribution in [2.24, 2.45) is 0 Å². The van der Waals surface area contributed by atoms with E-state index in [9.17, 15) is 14.5 Å². The molecule has 0 saturated carbocycles. The third-order valence-corrected chi connectivity index (χ3v) is 3.98. The smallest absolute Gasteiger partial charge is 0.305 e. The molecule has 2 aromatic carbocycles. The van der Waals surface area contributed by atoms with Crippen LogP contribution in [0.25, 0.3) is 0 Å². The van der Waals surface area contributed by atoms with E-state index in [1.807, 2.05) is 0 Å². The van der Waals surface area contributed by atoms with Crippen molar-refractivity contribution < 1.29 is 14.1 Å².